The molecule has 6 nitrogen and oxygen atoms in total. The van der Waals surface area contributed by atoms with Crippen molar-refractivity contribution in [3.05, 3.63) is 47.4 Å². The van der Waals surface area contributed by atoms with Gasteiger partial charge in [0.1, 0.15) is 11.6 Å². The van der Waals surface area contributed by atoms with Gasteiger partial charge in [0.15, 0.2) is 5.82 Å². The van der Waals surface area contributed by atoms with Gasteiger partial charge in [0.05, 0.1) is 12.2 Å². The van der Waals surface area contributed by atoms with Crippen LogP contribution in [-0.4, -0.2) is 30.2 Å². The van der Waals surface area contributed by atoms with E-state index in [0.29, 0.717) is 11.5 Å². The number of pyridine rings is 1. The number of hydrogen-bond acceptors (Lipinski definition) is 4. The van der Waals surface area contributed by atoms with E-state index < -0.39 is 11.8 Å². The van der Waals surface area contributed by atoms with E-state index in [1.807, 2.05) is 21.0 Å². The number of hydrogen-bond donors (Lipinski definition) is 3. The Labute approximate surface area is 134 Å². The number of nitrogens with one attached hydrogen (secondary N) is 2. The molecule has 0 saturated carbocycles. The molecule has 1 heterocycles. The van der Waals surface area contributed by atoms with Gasteiger partial charge in [-0.25, -0.2) is 14.2 Å². The van der Waals surface area contributed by atoms with Crippen LogP contribution in [0.25, 0.3) is 0 Å². The third kappa shape index (κ3) is 4.09. The lowest BCUT2D eigenvalue weighted by molar-refractivity contribution is 0.251. The number of aryl methyl sites for hydroxylation is 1. The van der Waals surface area contributed by atoms with E-state index in [2.05, 4.69) is 15.6 Å². The van der Waals surface area contributed by atoms with Crippen LogP contribution in [0, 0.1) is 12.7 Å². The minimum Gasteiger partial charge on any atom is -0.507 e. The van der Waals surface area contributed by atoms with Crippen molar-refractivity contribution in [2.24, 2.45) is 0 Å². The highest BCUT2D eigenvalue weighted by atomic mass is 19.1. The summed E-state index contributed by atoms with van der Waals surface area (Å²) >= 11 is 0. The first kappa shape index (κ1) is 16.5. The number of amides is 2. The topological polar surface area (TPSA) is 77.5 Å². The molecule has 0 atom stereocenters. The molecule has 7 heteroatoms. The van der Waals surface area contributed by atoms with Crippen molar-refractivity contribution in [3.8, 4) is 5.75 Å². The predicted molar refractivity (Wildman–Crippen MR) is 87.2 cm³/mol. The molecule has 0 fully saturated rings. The number of aromatic nitrogens is 1. The Morgan fingerprint density at radius 2 is 2.04 bits per heavy atom. The van der Waals surface area contributed by atoms with Gasteiger partial charge < -0.3 is 20.6 Å². The summed E-state index contributed by atoms with van der Waals surface area (Å²) in [5.74, 6) is -0.151. The smallest absolute Gasteiger partial charge is 0.319 e. The fourth-order valence-electron chi connectivity index (χ4n) is 2.04. The fraction of sp³-hybridized carbons (Fsp3) is 0.250. The molecule has 0 aliphatic carbocycles. The van der Waals surface area contributed by atoms with Crippen LogP contribution in [0.4, 0.5) is 20.7 Å². The van der Waals surface area contributed by atoms with Gasteiger partial charge in [-0.15, -0.1) is 0 Å². The maximum atomic E-state index is 13.6. The second kappa shape index (κ2) is 6.95. The van der Waals surface area contributed by atoms with E-state index >= 15 is 0 Å². The van der Waals surface area contributed by atoms with Gasteiger partial charge in [-0.2, -0.15) is 0 Å². The van der Waals surface area contributed by atoms with E-state index in [9.17, 15) is 14.3 Å². The summed E-state index contributed by atoms with van der Waals surface area (Å²) in [7, 11) is 3.64. The monoisotopic (exact) mass is 318 g/mol. The molecule has 0 unspecified atom stereocenters. The second-order valence-corrected chi connectivity index (χ2v) is 5.26. The molecule has 2 rings (SSSR count). The van der Waals surface area contributed by atoms with Gasteiger partial charge in [0.2, 0.25) is 0 Å². The van der Waals surface area contributed by atoms with Crippen LogP contribution in [0.2, 0.25) is 0 Å². The van der Waals surface area contributed by atoms with Gasteiger partial charge >= 0.3 is 6.03 Å². The quantitative estimate of drug-likeness (QED) is 0.810. The summed E-state index contributed by atoms with van der Waals surface area (Å²) in [6.07, 6.45) is 0. The largest absolute Gasteiger partial charge is 0.507 e. The number of rotatable bonds is 4. The molecule has 3 N–H and O–H groups in total. The average molecular weight is 318 g/mol. The van der Waals surface area contributed by atoms with Crippen LogP contribution in [0.15, 0.2) is 30.3 Å². The van der Waals surface area contributed by atoms with E-state index in [1.54, 1.807) is 17.0 Å². The van der Waals surface area contributed by atoms with Crippen LogP contribution in [0.3, 0.4) is 0 Å². The van der Waals surface area contributed by atoms with Crippen molar-refractivity contribution in [2.45, 2.75) is 13.5 Å². The molecule has 0 radical (unpaired) electrons. The molecule has 2 aromatic rings. The van der Waals surface area contributed by atoms with Gasteiger partial charge in [0, 0.05) is 25.4 Å². The lowest BCUT2D eigenvalue weighted by Gasteiger charge is -2.17. The fourth-order valence-corrected chi connectivity index (χ4v) is 2.04. The van der Waals surface area contributed by atoms with Gasteiger partial charge in [-0.3, -0.25) is 0 Å². The molecule has 23 heavy (non-hydrogen) atoms. The standard InChI is InChI=1S/C16H19FN4O2/c1-10-7-8-13(15(19-10)21(2)3)20-16(23)18-9-11-12(17)5-4-6-14(11)22/h4-8,22H,9H2,1-3H3,(H2,18,20,23). The Morgan fingerprint density at radius 3 is 2.70 bits per heavy atom. The number of phenolic OH excluding ortho intramolecular Hbond substituents is 1. The van der Waals surface area contributed by atoms with E-state index in [1.165, 1.54) is 18.2 Å². The van der Waals surface area contributed by atoms with Crippen molar-refractivity contribution in [3.63, 3.8) is 0 Å². The van der Waals surface area contributed by atoms with Gasteiger partial charge in [-0.05, 0) is 31.2 Å². The average Bonchev–Trinajstić information content (AvgIpc) is 2.48. The first-order valence-electron chi connectivity index (χ1n) is 7.04. The molecule has 122 valence electrons. The van der Waals surface area contributed by atoms with Crippen molar-refractivity contribution in [1.29, 1.82) is 0 Å². The third-order valence-electron chi connectivity index (χ3n) is 3.21. The molecule has 0 aliphatic rings. The Bertz CT molecular complexity index is 699. The number of benzene rings is 1. The lowest BCUT2D eigenvalue weighted by atomic mass is 10.2. The van der Waals surface area contributed by atoms with E-state index in [-0.39, 0.29) is 17.9 Å². The summed E-state index contributed by atoms with van der Waals surface area (Å²) < 4.78 is 13.6. The van der Waals surface area contributed by atoms with Crippen molar-refractivity contribution >= 4 is 17.5 Å². The van der Waals surface area contributed by atoms with Crippen LogP contribution in [-0.2, 0) is 6.54 Å². The maximum Gasteiger partial charge on any atom is 0.319 e. The number of anilines is 2. The second-order valence-electron chi connectivity index (χ2n) is 5.26. The molecule has 0 bridgehead atoms. The minimum atomic E-state index is -0.573. The number of nitrogens with zero attached hydrogens (tertiary/aromatic N) is 2. The van der Waals surface area contributed by atoms with Crippen molar-refractivity contribution in [1.82, 2.24) is 10.3 Å². The highest BCUT2D eigenvalue weighted by Crippen LogP contribution is 2.22. The van der Waals surface area contributed by atoms with Crippen LogP contribution >= 0.6 is 0 Å². The first-order chi connectivity index (χ1) is 10.9. The molecule has 1 aromatic heterocycles. The highest BCUT2D eigenvalue weighted by molar-refractivity contribution is 5.92. The van der Waals surface area contributed by atoms with Crippen molar-refractivity contribution < 1.29 is 14.3 Å². The Morgan fingerprint density at radius 1 is 1.30 bits per heavy atom. The van der Waals surface area contributed by atoms with E-state index in [4.69, 9.17) is 0 Å². The molecular formula is C16H19FN4O2. The number of aromatic hydroxyl groups is 1. The van der Waals surface area contributed by atoms with Gasteiger partial charge in [-0.1, -0.05) is 6.07 Å². The highest BCUT2D eigenvalue weighted by Gasteiger charge is 2.12. The summed E-state index contributed by atoms with van der Waals surface area (Å²) in [6.45, 7) is 1.73. The third-order valence-corrected chi connectivity index (χ3v) is 3.21. The maximum absolute atomic E-state index is 13.6. The molecule has 2 amide bonds. The SMILES string of the molecule is Cc1ccc(NC(=O)NCc2c(O)cccc2F)c(N(C)C)n1. The minimum absolute atomic E-state index is 0.0394. The van der Waals surface area contributed by atoms with Crippen molar-refractivity contribution in [2.75, 3.05) is 24.3 Å². The summed E-state index contributed by atoms with van der Waals surface area (Å²) in [4.78, 5) is 18.1. The zero-order valence-corrected chi connectivity index (χ0v) is 13.2. The van der Waals surface area contributed by atoms with Crippen LogP contribution in [0.5, 0.6) is 5.75 Å². The summed E-state index contributed by atoms with van der Waals surface area (Å²) in [6, 6.07) is 7.01. The number of halogens is 1. The Hall–Kier alpha value is -2.83. The Balaban J connectivity index is 2.06. The summed E-state index contributed by atoms with van der Waals surface area (Å²) in [5, 5.41) is 14.8. The number of carbonyl (C=O) groups is 1. The number of phenols is 1. The number of urea groups is 1. The number of carbonyl (C=O) groups excluding carboxylic acids is 1. The van der Waals surface area contributed by atoms with Gasteiger partial charge in [0.25, 0.3) is 0 Å². The molecule has 1 aromatic carbocycles. The van der Waals surface area contributed by atoms with Crippen LogP contribution in [0.1, 0.15) is 11.3 Å². The molecule has 0 aliphatic heterocycles. The Kier molecular flexibility index (Phi) is 5.00. The molecular weight excluding hydrogens is 299 g/mol. The normalized spacial score (nSPS) is 10.3. The van der Waals surface area contributed by atoms with E-state index in [0.717, 1.165) is 5.69 Å². The predicted octanol–water partition coefficient (Wildman–Crippen LogP) is 2.62. The zero-order valence-electron chi connectivity index (χ0n) is 13.2. The zero-order chi connectivity index (χ0) is 17.0. The lowest BCUT2D eigenvalue weighted by Crippen LogP contribution is -2.29. The summed E-state index contributed by atoms with van der Waals surface area (Å²) in [5.41, 5.74) is 1.41. The molecule has 0 spiro atoms. The first-order valence-corrected chi connectivity index (χ1v) is 7.04. The van der Waals surface area contributed by atoms with Crippen LogP contribution < -0.4 is 15.5 Å². The molecule has 0 saturated heterocycles.